The minimum absolute atomic E-state index is 0.833. The molecule has 0 spiro atoms. The highest BCUT2D eigenvalue weighted by Crippen LogP contribution is 2.47. The quantitative estimate of drug-likeness (QED) is 0.203. The average Bonchev–Trinajstić information content (AvgIpc) is 2.76. The highest BCUT2D eigenvalue weighted by Gasteiger charge is 2.19. The Morgan fingerprint density at radius 3 is 0.594 bits per heavy atom. The zero-order chi connectivity index (χ0) is 22.6. The lowest BCUT2D eigenvalue weighted by molar-refractivity contribution is -0.135. The van der Waals surface area contributed by atoms with Crippen LogP contribution in [-0.2, 0) is 9.59 Å². The van der Waals surface area contributed by atoms with Gasteiger partial charge in [-0.1, -0.05) is 72.8 Å². The van der Waals surface area contributed by atoms with Crippen molar-refractivity contribution in [1.82, 2.24) is 0 Å². The summed E-state index contributed by atoms with van der Waals surface area (Å²) in [6, 6.07) is 27.3. The molecule has 0 aliphatic heterocycles. The first-order valence-electron chi connectivity index (χ1n) is 10.3. The molecule has 0 saturated heterocycles. The topological polar surface area (TPSA) is 74.6 Å². The summed E-state index contributed by atoms with van der Waals surface area (Å²) in [7, 11) is 0. The second-order valence-electron chi connectivity index (χ2n) is 8.02. The zero-order valence-electron chi connectivity index (χ0n) is 17.6. The van der Waals surface area contributed by atoms with Crippen molar-refractivity contribution in [3.63, 3.8) is 0 Å². The highest BCUT2D eigenvalue weighted by atomic mass is 16.4. The van der Waals surface area contributed by atoms with Crippen LogP contribution in [0.4, 0.5) is 0 Å². The standard InChI is InChI=1S/C24H12.2C2H4O2/c1-2-14-5-6-16-9-11-18-12-10-17-8-7-15-4-3-13(1)19-20(14)22(16)24(18)23(17)21(15)19;2*1-2(3)4/h1-12H;2*1H3,(H,3,4). The van der Waals surface area contributed by atoms with Gasteiger partial charge in [0.2, 0.25) is 0 Å². The number of benzene rings is 7. The van der Waals surface area contributed by atoms with Gasteiger partial charge in [-0.15, -0.1) is 0 Å². The fourth-order valence-corrected chi connectivity index (χ4v) is 4.89. The van der Waals surface area contributed by atoms with Gasteiger partial charge in [0.25, 0.3) is 11.9 Å². The largest absolute Gasteiger partial charge is 0.481 e. The van der Waals surface area contributed by atoms with Gasteiger partial charge in [-0.2, -0.15) is 0 Å². The molecule has 0 aliphatic rings. The highest BCUT2D eigenvalue weighted by molar-refractivity contribution is 6.44. The number of hydrogen-bond acceptors (Lipinski definition) is 2. The average molecular weight is 420 g/mol. The molecule has 4 heteroatoms. The molecule has 0 fully saturated rings. The van der Waals surface area contributed by atoms with Crippen LogP contribution in [0, 0.1) is 0 Å². The van der Waals surface area contributed by atoms with E-state index in [2.05, 4.69) is 72.8 Å². The Bertz CT molecular complexity index is 1330. The lowest BCUT2D eigenvalue weighted by Crippen LogP contribution is -1.91. The third-order valence-corrected chi connectivity index (χ3v) is 5.89. The van der Waals surface area contributed by atoms with E-state index in [1.165, 1.54) is 64.6 Å². The smallest absolute Gasteiger partial charge is 0.300 e. The molecule has 32 heavy (non-hydrogen) atoms. The third-order valence-electron chi connectivity index (χ3n) is 5.89. The van der Waals surface area contributed by atoms with Gasteiger partial charge in [0.15, 0.2) is 0 Å². The maximum absolute atomic E-state index is 9.00. The molecule has 4 nitrogen and oxygen atoms in total. The maximum Gasteiger partial charge on any atom is 0.300 e. The zero-order valence-corrected chi connectivity index (χ0v) is 17.6. The Kier molecular flexibility index (Phi) is 4.45. The number of carboxylic acid groups (broad SMARTS) is 2. The van der Waals surface area contributed by atoms with Gasteiger partial charge in [0.1, 0.15) is 0 Å². The molecule has 0 radical (unpaired) electrons. The number of hydrogen-bond donors (Lipinski definition) is 2. The monoisotopic (exact) mass is 420 g/mol. The van der Waals surface area contributed by atoms with Crippen molar-refractivity contribution in [3.8, 4) is 0 Å². The van der Waals surface area contributed by atoms with Gasteiger partial charge in [0.05, 0.1) is 0 Å². The Morgan fingerprint density at radius 1 is 0.406 bits per heavy atom. The van der Waals surface area contributed by atoms with Crippen LogP contribution in [0.3, 0.4) is 0 Å². The Morgan fingerprint density at radius 2 is 0.500 bits per heavy atom. The molecule has 156 valence electrons. The van der Waals surface area contributed by atoms with Crippen molar-refractivity contribution in [1.29, 1.82) is 0 Å². The van der Waals surface area contributed by atoms with Crippen molar-refractivity contribution in [3.05, 3.63) is 72.8 Å². The molecule has 7 aromatic carbocycles. The van der Waals surface area contributed by atoms with Crippen molar-refractivity contribution in [2.75, 3.05) is 0 Å². The second kappa shape index (κ2) is 7.20. The summed E-state index contributed by atoms with van der Waals surface area (Å²) in [5.41, 5.74) is 0. The molecular weight excluding hydrogens is 400 g/mol. The van der Waals surface area contributed by atoms with Crippen LogP contribution >= 0.6 is 0 Å². The van der Waals surface area contributed by atoms with E-state index in [1.54, 1.807) is 0 Å². The van der Waals surface area contributed by atoms with Crippen molar-refractivity contribution < 1.29 is 19.8 Å². The molecule has 0 aliphatic carbocycles. The molecule has 0 saturated carbocycles. The molecule has 7 rings (SSSR count). The number of carboxylic acids is 2. The first-order valence-corrected chi connectivity index (χ1v) is 10.3. The molecule has 0 atom stereocenters. The van der Waals surface area contributed by atoms with Gasteiger partial charge in [-0.25, -0.2) is 0 Å². The number of rotatable bonds is 0. The summed E-state index contributed by atoms with van der Waals surface area (Å²) in [5.74, 6) is -1.67. The Hall–Kier alpha value is -4.18. The van der Waals surface area contributed by atoms with Crippen LogP contribution < -0.4 is 0 Å². The van der Waals surface area contributed by atoms with Crippen molar-refractivity contribution in [2.45, 2.75) is 13.8 Å². The summed E-state index contributed by atoms with van der Waals surface area (Å²) in [5, 5.41) is 31.5. The summed E-state index contributed by atoms with van der Waals surface area (Å²) >= 11 is 0. The summed E-state index contributed by atoms with van der Waals surface area (Å²) in [6.07, 6.45) is 0. The van der Waals surface area contributed by atoms with E-state index < -0.39 is 11.9 Å². The van der Waals surface area contributed by atoms with Crippen LogP contribution in [0.2, 0.25) is 0 Å². The minimum atomic E-state index is -0.833. The van der Waals surface area contributed by atoms with Gasteiger partial charge >= 0.3 is 0 Å². The summed E-state index contributed by atoms with van der Waals surface area (Å²) in [6.45, 7) is 2.17. The number of carbonyl (C=O) groups is 2. The molecule has 0 amide bonds. The lowest BCUT2D eigenvalue weighted by Gasteiger charge is -2.20. The fraction of sp³-hybridized carbons (Fsp3) is 0.0714. The van der Waals surface area contributed by atoms with E-state index in [4.69, 9.17) is 19.8 Å². The van der Waals surface area contributed by atoms with Gasteiger partial charge in [-0.3, -0.25) is 9.59 Å². The molecule has 7 aromatic rings. The van der Waals surface area contributed by atoms with Crippen molar-refractivity contribution >= 4 is 76.6 Å². The van der Waals surface area contributed by atoms with Crippen LogP contribution in [0.25, 0.3) is 64.6 Å². The second-order valence-corrected chi connectivity index (χ2v) is 8.02. The fourth-order valence-electron chi connectivity index (χ4n) is 4.89. The third kappa shape index (κ3) is 2.92. The van der Waals surface area contributed by atoms with E-state index >= 15 is 0 Å². The SMILES string of the molecule is CC(=O)O.CC(=O)O.c1cc2ccc3ccc4ccc5ccc6ccc1c1c2c3c4c5c61. The molecule has 0 bridgehead atoms. The van der Waals surface area contributed by atoms with E-state index in [0.717, 1.165) is 13.8 Å². The van der Waals surface area contributed by atoms with Crippen LogP contribution in [-0.4, -0.2) is 22.2 Å². The lowest BCUT2D eigenvalue weighted by atomic mass is 9.83. The van der Waals surface area contributed by atoms with E-state index in [-0.39, 0.29) is 0 Å². The normalized spacial score (nSPS) is 11.3. The van der Waals surface area contributed by atoms with Gasteiger partial charge in [-0.05, 0) is 64.6 Å². The van der Waals surface area contributed by atoms with Gasteiger partial charge in [0, 0.05) is 13.8 Å². The predicted molar refractivity (Wildman–Crippen MR) is 132 cm³/mol. The first kappa shape index (κ1) is 19.8. The molecule has 0 heterocycles. The van der Waals surface area contributed by atoms with Crippen LogP contribution in [0.5, 0.6) is 0 Å². The van der Waals surface area contributed by atoms with E-state index in [0.29, 0.717) is 0 Å². The molecule has 0 aromatic heterocycles. The van der Waals surface area contributed by atoms with Crippen molar-refractivity contribution in [2.24, 2.45) is 0 Å². The van der Waals surface area contributed by atoms with E-state index in [1.807, 2.05) is 0 Å². The minimum Gasteiger partial charge on any atom is -0.481 e. The molecule has 2 N–H and O–H groups in total. The predicted octanol–water partition coefficient (Wildman–Crippen LogP) is 7.10. The van der Waals surface area contributed by atoms with Crippen LogP contribution in [0.1, 0.15) is 13.8 Å². The van der Waals surface area contributed by atoms with E-state index in [9.17, 15) is 0 Å². The number of aliphatic carboxylic acids is 2. The molecular formula is C28H20O4. The maximum atomic E-state index is 9.00. The Labute approximate surface area is 183 Å². The summed E-state index contributed by atoms with van der Waals surface area (Å²) in [4.78, 5) is 18.0. The summed E-state index contributed by atoms with van der Waals surface area (Å²) < 4.78 is 0. The van der Waals surface area contributed by atoms with Gasteiger partial charge < -0.3 is 10.2 Å². The Balaban J connectivity index is 0.000000238. The first-order chi connectivity index (χ1) is 15.4. The van der Waals surface area contributed by atoms with Crippen LogP contribution in [0.15, 0.2) is 72.8 Å². The molecule has 0 unspecified atom stereocenters.